The lowest BCUT2D eigenvalue weighted by Crippen LogP contribution is -2.32. The molecule has 0 aromatic heterocycles. The van der Waals surface area contributed by atoms with Gasteiger partial charge in [-0.25, -0.2) is 10.0 Å². The minimum Gasteiger partial charge on any atom is -0.237 e. The number of benzene rings is 2. The fraction of sp³-hybridized carbons (Fsp3) is 0.368. The maximum absolute atomic E-state index is 2.39. The molecule has 2 aromatic carbocycles. The Morgan fingerprint density at radius 2 is 1.10 bits per heavy atom. The number of hydrogen-bond acceptors (Lipinski definition) is 2. The van der Waals surface area contributed by atoms with Crippen LogP contribution in [0.1, 0.15) is 40.8 Å². The van der Waals surface area contributed by atoms with Crippen molar-refractivity contribution in [2.24, 2.45) is 0 Å². The van der Waals surface area contributed by atoms with Crippen molar-refractivity contribution in [2.45, 2.75) is 32.4 Å². The van der Waals surface area contributed by atoms with E-state index < -0.39 is 0 Å². The predicted octanol–water partition coefficient (Wildman–Crippen LogP) is 4.27. The molecule has 0 saturated carbocycles. The SMILES string of the molecule is Cc1ccccc1C1CC(c2ccccc2C)N(C)N1C. The molecule has 2 unspecified atom stereocenters. The van der Waals surface area contributed by atoms with Gasteiger partial charge in [0.05, 0.1) is 12.1 Å². The third-order valence-electron chi connectivity index (χ3n) is 4.94. The molecule has 110 valence electrons. The first-order chi connectivity index (χ1) is 10.1. The van der Waals surface area contributed by atoms with Gasteiger partial charge in [0.15, 0.2) is 0 Å². The van der Waals surface area contributed by atoms with Crippen LogP contribution in [0, 0.1) is 13.8 Å². The fourth-order valence-electron chi connectivity index (χ4n) is 3.53. The molecular weight excluding hydrogens is 256 g/mol. The normalized spacial score (nSPS) is 23.6. The van der Waals surface area contributed by atoms with E-state index in [1.165, 1.54) is 22.3 Å². The summed E-state index contributed by atoms with van der Waals surface area (Å²) in [6.07, 6.45) is 1.14. The first kappa shape index (κ1) is 14.3. The Bertz CT molecular complexity index is 579. The molecule has 1 heterocycles. The van der Waals surface area contributed by atoms with Crippen molar-refractivity contribution >= 4 is 0 Å². The maximum atomic E-state index is 2.39. The van der Waals surface area contributed by atoms with E-state index in [1.807, 2.05) is 0 Å². The molecule has 2 aromatic rings. The van der Waals surface area contributed by atoms with Crippen LogP contribution in [0.25, 0.3) is 0 Å². The lowest BCUT2D eigenvalue weighted by atomic mass is 9.93. The minimum atomic E-state index is 0.459. The van der Waals surface area contributed by atoms with Gasteiger partial charge in [-0.3, -0.25) is 0 Å². The molecule has 1 fully saturated rings. The number of aryl methyl sites for hydroxylation is 2. The summed E-state index contributed by atoms with van der Waals surface area (Å²) in [6, 6.07) is 18.4. The fourth-order valence-corrected chi connectivity index (χ4v) is 3.53. The van der Waals surface area contributed by atoms with Crippen LogP contribution in [0.4, 0.5) is 0 Å². The Balaban J connectivity index is 1.95. The van der Waals surface area contributed by atoms with Gasteiger partial charge in [0.1, 0.15) is 0 Å². The molecule has 0 spiro atoms. The van der Waals surface area contributed by atoms with Gasteiger partial charge in [0.2, 0.25) is 0 Å². The summed E-state index contributed by atoms with van der Waals surface area (Å²) in [5.74, 6) is 0. The van der Waals surface area contributed by atoms with Crippen molar-refractivity contribution in [3.05, 3.63) is 70.8 Å². The van der Waals surface area contributed by atoms with Crippen molar-refractivity contribution < 1.29 is 0 Å². The zero-order chi connectivity index (χ0) is 15.0. The highest BCUT2D eigenvalue weighted by molar-refractivity contribution is 5.33. The van der Waals surface area contributed by atoms with E-state index >= 15 is 0 Å². The monoisotopic (exact) mass is 280 g/mol. The van der Waals surface area contributed by atoms with Crippen LogP contribution in [0.2, 0.25) is 0 Å². The molecule has 2 nitrogen and oxygen atoms in total. The molecule has 0 amide bonds. The minimum absolute atomic E-state index is 0.459. The van der Waals surface area contributed by atoms with Crippen LogP contribution in [-0.2, 0) is 0 Å². The van der Waals surface area contributed by atoms with Crippen molar-refractivity contribution in [3.8, 4) is 0 Å². The lowest BCUT2D eigenvalue weighted by Gasteiger charge is -2.29. The van der Waals surface area contributed by atoms with Gasteiger partial charge in [0, 0.05) is 14.1 Å². The van der Waals surface area contributed by atoms with Crippen molar-refractivity contribution in [3.63, 3.8) is 0 Å². The van der Waals surface area contributed by atoms with Crippen LogP contribution in [-0.4, -0.2) is 24.1 Å². The second-order valence-electron chi connectivity index (χ2n) is 6.13. The summed E-state index contributed by atoms with van der Waals surface area (Å²) < 4.78 is 0. The van der Waals surface area contributed by atoms with Crippen molar-refractivity contribution in [1.29, 1.82) is 0 Å². The van der Waals surface area contributed by atoms with E-state index in [9.17, 15) is 0 Å². The van der Waals surface area contributed by atoms with Crippen LogP contribution < -0.4 is 0 Å². The first-order valence-electron chi connectivity index (χ1n) is 7.66. The molecule has 21 heavy (non-hydrogen) atoms. The standard InChI is InChI=1S/C19H24N2/c1-14-9-5-7-11-16(14)18-13-19(21(4)20(18)3)17-12-8-6-10-15(17)2/h5-12,18-19H,13H2,1-4H3. The van der Waals surface area contributed by atoms with Crippen LogP contribution in [0.5, 0.6) is 0 Å². The summed E-state index contributed by atoms with van der Waals surface area (Å²) in [4.78, 5) is 0. The number of hydrazine groups is 1. The first-order valence-corrected chi connectivity index (χ1v) is 7.66. The summed E-state index contributed by atoms with van der Waals surface area (Å²) in [5.41, 5.74) is 5.66. The van der Waals surface area contributed by atoms with Crippen molar-refractivity contribution in [2.75, 3.05) is 14.1 Å². The average Bonchev–Trinajstić information content (AvgIpc) is 2.77. The number of rotatable bonds is 2. The summed E-state index contributed by atoms with van der Waals surface area (Å²) in [5, 5.41) is 4.78. The highest BCUT2D eigenvalue weighted by Gasteiger charge is 2.37. The van der Waals surface area contributed by atoms with Gasteiger partial charge in [-0.1, -0.05) is 48.5 Å². The number of nitrogens with zero attached hydrogens (tertiary/aromatic N) is 2. The molecule has 0 aliphatic carbocycles. The smallest absolute Gasteiger partial charge is 0.0513 e. The quantitative estimate of drug-likeness (QED) is 0.810. The van der Waals surface area contributed by atoms with E-state index in [0.29, 0.717) is 12.1 Å². The van der Waals surface area contributed by atoms with Gasteiger partial charge in [-0.15, -0.1) is 0 Å². The molecule has 1 aliphatic heterocycles. The van der Waals surface area contributed by atoms with Gasteiger partial charge in [0.25, 0.3) is 0 Å². The number of hydrogen-bond donors (Lipinski definition) is 0. The Kier molecular flexibility index (Phi) is 3.83. The Morgan fingerprint density at radius 1 is 0.714 bits per heavy atom. The third kappa shape index (κ3) is 2.50. The Hall–Kier alpha value is -1.64. The molecule has 2 heteroatoms. The highest BCUT2D eigenvalue weighted by atomic mass is 15.6. The van der Waals surface area contributed by atoms with E-state index in [4.69, 9.17) is 0 Å². The van der Waals surface area contributed by atoms with E-state index in [2.05, 4.69) is 86.5 Å². The zero-order valence-corrected chi connectivity index (χ0v) is 13.4. The topological polar surface area (TPSA) is 6.48 Å². The molecule has 1 aliphatic rings. The molecule has 0 N–H and O–H groups in total. The van der Waals surface area contributed by atoms with Gasteiger partial charge >= 0.3 is 0 Å². The molecular formula is C19H24N2. The molecule has 3 rings (SSSR count). The summed E-state index contributed by atoms with van der Waals surface area (Å²) >= 11 is 0. The molecule has 1 saturated heterocycles. The van der Waals surface area contributed by atoms with E-state index in [1.54, 1.807) is 0 Å². The summed E-state index contributed by atoms with van der Waals surface area (Å²) in [7, 11) is 4.41. The van der Waals surface area contributed by atoms with Crippen LogP contribution >= 0.6 is 0 Å². The largest absolute Gasteiger partial charge is 0.237 e. The van der Waals surface area contributed by atoms with E-state index in [-0.39, 0.29) is 0 Å². The average molecular weight is 280 g/mol. The van der Waals surface area contributed by atoms with Crippen molar-refractivity contribution in [1.82, 2.24) is 10.0 Å². The maximum Gasteiger partial charge on any atom is 0.0513 e. The third-order valence-corrected chi connectivity index (χ3v) is 4.94. The van der Waals surface area contributed by atoms with Crippen LogP contribution in [0.15, 0.2) is 48.5 Å². The Morgan fingerprint density at radius 3 is 1.48 bits per heavy atom. The lowest BCUT2D eigenvalue weighted by molar-refractivity contribution is 0.0249. The zero-order valence-electron chi connectivity index (χ0n) is 13.4. The highest BCUT2D eigenvalue weighted by Crippen LogP contribution is 2.43. The van der Waals surface area contributed by atoms with E-state index in [0.717, 1.165) is 6.42 Å². The van der Waals surface area contributed by atoms with Gasteiger partial charge in [-0.2, -0.15) is 0 Å². The summed E-state index contributed by atoms with van der Waals surface area (Å²) in [6.45, 7) is 4.43. The van der Waals surface area contributed by atoms with Crippen LogP contribution in [0.3, 0.4) is 0 Å². The molecule has 2 atom stereocenters. The van der Waals surface area contributed by atoms with Gasteiger partial charge in [-0.05, 0) is 42.5 Å². The molecule has 0 bridgehead atoms. The predicted molar refractivity (Wildman–Crippen MR) is 88.0 cm³/mol. The van der Waals surface area contributed by atoms with Gasteiger partial charge < -0.3 is 0 Å². The second kappa shape index (κ2) is 5.63. The Labute approximate surface area is 128 Å². The molecule has 0 radical (unpaired) electrons. The second-order valence-corrected chi connectivity index (χ2v) is 6.13.